The number of unbranched alkanes of at least 4 members (excludes halogenated alkanes) is 10. The zero-order chi connectivity index (χ0) is 16.0. The molecule has 0 bridgehead atoms. The smallest absolute Gasteiger partial charge is 0.303 e. The van der Waals surface area contributed by atoms with Crippen LogP contribution in [0.3, 0.4) is 0 Å². The van der Waals surface area contributed by atoms with Gasteiger partial charge in [0.05, 0.1) is 6.42 Å². The predicted molar refractivity (Wildman–Crippen MR) is 100 cm³/mol. The molecule has 0 unspecified atom stereocenters. The van der Waals surface area contributed by atoms with E-state index in [1.165, 1.54) is 75.1 Å². The maximum Gasteiger partial charge on any atom is 0.303 e. The Labute approximate surface area is 145 Å². The Morgan fingerprint density at radius 2 is 1.19 bits per heavy atom. The molecule has 3 heteroatoms. The highest BCUT2D eigenvalue weighted by atomic mass is 127. The summed E-state index contributed by atoms with van der Waals surface area (Å²) in [5, 5.41) is 8.84. The van der Waals surface area contributed by atoms with Gasteiger partial charge >= 0.3 is 5.97 Å². The minimum Gasteiger partial charge on any atom is -0.481 e. The highest BCUT2D eigenvalue weighted by Crippen LogP contribution is 2.28. The fourth-order valence-corrected chi connectivity index (χ4v) is 3.33. The predicted octanol–water partition coefficient (Wildman–Crippen LogP) is 6.60. The van der Waals surface area contributed by atoms with Crippen LogP contribution in [-0.4, -0.2) is 15.5 Å². The first kappa shape index (κ1) is 21.2. The van der Waals surface area contributed by atoms with E-state index in [1.54, 1.807) is 0 Å². The summed E-state index contributed by atoms with van der Waals surface area (Å²) in [5.74, 6) is -0.668. The lowest BCUT2D eigenvalue weighted by Crippen LogP contribution is -2.16. The van der Waals surface area contributed by atoms with Crippen LogP contribution in [0.2, 0.25) is 0 Å². The van der Waals surface area contributed by atoms with Gasteiger partial charge in [-0.3, -0.25) is 4.79 Å². The number of halogens is 1. The molecule has 0 aliphatic heterocycles. The van der Waals surface area contributed by atoms with Gasteiger partial charge in [-0.15, -0.1) is 0 Å². The van der Waals surface area contributed by atoms with Crippen LogP contribution in [0.1, 0.15) is 97.3 Å². The molecule has 0 aliphatic rings. The first-order valence-corrected chi connectivity index (χ1v) is 10.3. The third-order valence-corrected chi connectivity index (χ3v) is 4.88. The van der Waals surface area contributed by atoms with E-state index in [2.05, 4.69) is 36.4 Å². The van der Waals surface area contributed by atoms with Gasteiger partial charge in [-0.1, -0.05) is 101 Å². The van der Waals surface area contributed by atoms with E-state index in [0.29, 0.717) is 6.42 Å². The number of carboxylic acid groups (broad SMARTS) is 1. The molecule has 0 aromatic carbocycles. The van der Waals surface area contributed by atoms with Crippen LogP contribution in [0.5, 0.6) is 0 Å². The number of rotatable bonds is 15. The van der Waals surface area contributed by atoms with Crippen molar-refractivity contribution in [3.05, 3.63) is 0 Å². The summed E-state index contributed by atoms with van der Waals surface area (Å²) in [6.45, 7) is 4.14. The topological polar surface area (TPSA) is 37.3 Å². The lowest BCUT2D eigenvalue weighted by Gasteiger charge is -2.21. The van der Waals surface area contributed by atoms with E-state index in [9.17, 15) is 4.79 Å². The monoisotopic (exact) mass is 410 g/mol. The van der Waals surface area contributed by atoms with E-state index in [-0.39, 0.29) is 5.41 Å². The van der Waals surface area contributed by atoms with E-state index in [1.807, 2.05) is 0 Å². The lowest BCUT2D eigenvalue weighted by molar-refractivity contribution is -0.139. The van der Waals surface area contributed by atoms with E-state index in [4.69, 9.17) is 5.11 Å². The standard InChI is InChI=1S/C18H35IO2/c1-18(2,16-17(20)21)14-12-10-8-6-4-3-5-7-9-11-13-15-19/h3-16H2,1-2H3,(H,20,21). The number of carboxylic acids is 1. The average Bonchev–Trinajstić information content (AvgIpc) is 2.38. The third-order valence-electron chi connectivity index (χ3n) is 4.12. The van der Waals surface area contributed by atoms with Gasteiger partial charge in [0.2, 0.25) is 0 Å². The van der Waals surface area contributed by atoms with Gasteiger partial charge < -0.3 is 5.11 Å². The fraction of sp³-hybridized carbons (Fsp3) is 0.944. The SMILES string of the molecule is CC(C)(CCCCCCCCCCCCCI)CC(=O)O. The summed E-state index contributed by atoms with van der Waals surface area (Å²) in [5.41, 5.74) is -0.0379. The summed E-state index contributed by atoms with van der Waals surface area (Å²) in [7, 11) is 0. The van der Waals surface area contributed by atoms with Crippen molar-refractivity contribution in [3.63, 3.8) is 0 Å². The molecule has 0 radical (unpaired) electrons. The molecule has 0 aromatic heterocycles. The van der Waals surface area contributed by atoms with Crippen LogP contribution < -0.4 is 0 Å². The van der Waals surface area contributed by atoms with Crippen molar-refractivity contribution in [1.82, 2.24) is 0 Å². The highest BCUT2D eigenvalue weighted by molar-refractivity contribution is 14.1. The molecule has 0 heterocycles. The Morgan fingerprint density at radius 3 is 1.57 bits per heavy atom. The second kappa shape index (κ2) is 13.8. The van der Waals surface area contributed by atoms with Crippen molar-refractivity contribution in [3.8, 4) is 0 Å². The molecule has 0 spiro atoms. The van der Waals surface area contributed by atoms with Gasteiger partial charge in [-0.2, -0.15) is 0 Å². The molecular weight excluding hydrogens is 375 g/mol. The lowest BCUT2D eigenvalue weighted by atomic mass is 9.83. The van der Waals surface area contributed by atoms with E-state index < -0.39 is 5.97 Å². The molecule has 0 amide bonds. The molecule has 0 saturated carbocycles. The molecule has 0 aliphatic carbocycles. The van der Waals surface area contributed by atoms with Gasteiger partial charge in [0.15, 0.2) is 0 Å². The first-order chi connectivity index (χ1) is 9.98. The summed E-state index contributed by atoms with van der Waals surface area (Å²) in [6, 6.07) is 0. The van der Waals surface area contributed by atoms with Crippen molar-refractivity contribution in [2.75, 3.05) is 4.43 Å². The largest absolute Gasteiger partial charge is 0.481 e. The van der Waals surface area contributed by atoms with Crippen LogP contribution in [0.25, 0.3) is 0 Å². The highest BCUT2D eigenvalue weighted by Gasteiger charge is 2.20. The van der Waals surface area contributed by atoms with Crippen molar-refractivity contribution in [2.45, 2.75) is 97.3 Å². The van der Waals surface area contributed by atoms with Crippen molar-refractivity contribution < 1.29 is 9.90 Å². The molecule has 0 saturated heterocycles. The van der Waals surface area contributed by atoms with Gasteiger partial charge in [0, 0.05) is 0 Å². The maximum absolute atomic E-state index is 10.7. The summed E-state index contributed by atoms with van der Waals surface area (Å²) in [6.07, 6.45) is 16.3. The number of carbonyl (C=O) groups is 1. The Hall–Kier alpha value is 0.200. The number of alkyl halides is 1. The molecule has 126 valence electrons. The fourth-order valence-electron chi connectivity index (χ4n) is 2.79. The Bertz CT molecular complexity index is 252. The van der Waals surface area contributed by atoms with Crippen LogP contribution in [0, 0.1) is 5.41 Å². The number of aliphatic carboxylic acids is 1. The Morgan fingerprint density at radius 1 is 0.810 bits per heavy atom. The van der Waals surface area contributed by atoms with E-state index >= 15 is 0 Å². The molecular formula is C18H35IO2. The quantitative estimate of drug-likeness (QED) is 0.188. The zero-order valence-corrected chi connectivity index (χ0v) is 16.3. The molecule has 21 heavy (non-hydrogen) atoms. The molecule has 0 atom stereocenters. The van der Waals surface area contributed by atoms with Gasteiger partial charge in [-0.05, 0) is 22.7 Å². The van der Waals surface area contributed by atoms with Crippen molar-refractivity contribution in [1.29, 1.82) is 0 Å². The summed E-state index contributed by atoms with van der Waals surface area (Å²) >= 11 is 2.46. The normalized spacial score (nSPS) is 11.8. The van der Waals surface area contributed by atoms with Crippen LogP contribution in [-0.2, 0) is 4.79 Å². The van der Waals surface area contributed by atoms with E-state index in [0.717, 1.165) is 6.42 Å². The molecule has 0 aromatic rings. The third kappa shape index (κ3) is 16.4. The van der Waals surface area contributed by atoms with Crippen LogP contribution in [0.4, 0.5) is 0 Å². The van der Waals surface area contributed by atoms with Gasteiger partial charge in [-0.25, -0.2) is 0 Å². The summed E-state index contributed by atoms with van der Waals surface area (Å²) in [4.78, 5) is 10.7. The Balaban J connectivity index is 3.24. The number of hydrogen-bond donors (Lipinski definition) is 1. The van der Waals surface area contributed by atoms with Crippen LogP contribution >= 0.6 is 22.6 Å². The molecule has 0 rings (SSSR count). The first-order valence-electron chi connectivity index (χ1n) is 8.76. The second-order valence-corrected chi connectivity index (χ2v) is 8.14. The average molecular weight is 410 g/mol. The zero-order valence-electron chi connectivity index (χ0n) is 14.1. The van der Waals surface area contributed by atoms with Gasteiger partial charge in [0.25, 0.3) is 0 Å². The molecule has 1 N–H and O–H groups in total. The second-order valence-electron chi connectivity index (χ2n) is 7.06. The van der Waals surface area contributed by atoms with Gasteiger partial charge in [0.1, 0.15) is 0 Å². The molecule has 2 nitrogen and oxygen atoms in total. The minimum atomic E-state index is -0.668. The number of hydrogen-bond acceptors (Lipinski definition) is 1. The minimum absolute atomic E-state index is 0.0379. The summed E-state index contributed by atoms with van der Waals surface area (Å²) < 4.78 is 1.31. The Kier molecular flexibility index (Phi) is 14.0. The molecule has 0 fully saturated rings. The van der Waals surface area contributed by atoms with Crippen molar-refractivity contribution >= 4 is 28.6 Å². The van der Waals surface area contributed by atoms with Crippen LogP contribution in [0.15, 0.2) is 0 Å². The maximum atomic E-state index is 10.7. The van der Waals surface area contributed by atoms with Crippen molar-refractivity contribution in [2.24, 2.45) is 5.41 Å².